The van der Waals surface area contributed by atoms with E-state index in [-0.39, 0.29) is 53.7 Å². The summed E-state index contributed by atoms with van der Waals surface area (Å²) in [6, 6.07) is 5.97. The van der Waals surface area contributed by atoms with Crippen LogP contribution in [0.4, 0.5) is 5.69 Å². The van der Waals surface area contributed by atoms with E-state index in [2.05, 4.69) is 0 Å². The summed E-state index contributed by atoms with van der Waals surface area (Å²) in [5.74, 6) is -1.92. The van der Waals surface area contributed by atoms with Gasteiger partial charge in [0, 0.05) is 36.0 Å². The maximum absolute atomic E-state index is 12.8. The number of Topliss-reactive ketones (excluding diaryl/α,β-unsaturated/α-hetero) is 1. The second-order valence-corrected chi connectivity index (χ2v) is 7.91. The third-order valence-corrected chi connectivity index (χ3v) is 4.49. The topological polar surface area (TPSA) is 107 Å². The Morgan fingerprint density at radius 2 is 1.93 bits per heavy atom. The summed E-state index contributed by atoms with van der Waals surface area (Å²) in [7, 11) is 0. The first-order chi connectivity index (χ1) is 12.5. The normalized spacial score (nSPS) is 17.7. The van der Waals surface area contributed by atoms with Crippen LogP contribution in [0.3, 0.4) is 0 Å². The number of hydrogen-bond acceptors (Lipinski definition) is 6. The van der Waals surface area contributed by atoms with Crippen molar-refractivity contribution in [2.24, 2.45) is 5.41 Å². The van der Waals surface area contributed by atoms with Crippen molar-refractivity contribution in [3.63, 3.8) is 0 Å². The van der Waals surface area contributed by atoms with Gasteiger partial charge in [0.15, 0.2) is 5.78 Å². The van der Waals surface area contributed by atoms with Gasteiger partial charge < -0.3 is 9.84 Å². The van der Waals surface area contributed by atoms with Crippen LogP contribution in [0.15, 0.2) is 35.6 Å². The van der Waals surface area contributed by atoms with Gasteiger partial charge in [-0.15, -0.1) is 0 Å². The third-order valence-electron chi connectivity index (χ3n) is 4.49. The van der Waals surface area contributed by atoms with Crippen LogP contribution in [0.2, 0.25) is 0 Å². The number of aliphatic hydroxyl groups excluding tert-OH is 1. The summed E-state index contributed by atoms with van der Waals surface area (Å²) in [6.07, 6.45) is -0.144. The van der Waals surface area contributed by atoms with Crippen LogP contribution in [0, 0.1) is 15.5 Å². The number of rotatable bonds is 6. The van der Waals surface area contributed by atoms with E-state index in [1.54, 1.807) is 19.9 Å². The summed E-state index contributed by atoms with van der Waals surface area (Å²) in [5, 5.41) is 22.0. The Balaban J connectivity index is 2.56. The largest absolute Gasteiger partial charge is 0.512 e. The number of benzene rings is 1. The van der Waals surface area contributed by atoms with E-state index in [4.69, 9.17) is 4.74 Å². The molecule has 0 saturated carbocycles. The molecule has 0 aliphatic heterocycles. The summed E-state index contributed by atoms with van der Waals surface area (Å²) in [6.45, 7) is 7.13. The zero-order valence-electron chi connectivity index (χ0n) is 16.0. The Morgan fingerprint density at radius 1 is 1.30 bits per heavy atom. The summed E-state index contributed by atoms with van der Waals surface area (Å²) in [4.78, 5) is 36.0. The lowest BCUT2D eigenvalue weighted by molar-refractivity contribution is -0.385. The first-order valence-electron chi connectivity index (χ1n) is 8.90. The maximum Gasteiger partial charge on any atom is 0.307 e. The number of nitrogens with zero attached hydrogens (tertiary/aromatic N) is 1. The average Bonchev–Trinajstić information content (AvgIpc) is 2.51. The zero-order chi connectivity index (χ0) is 20.4. The Hall–Kier alpha value is -2.70. The molecule has 0 aromatic heterocycles. The van der Waals surface area contributed by atoms with Gasteiger partial charge in [0.2, 0.25) is 0 Å². The van der Waals surface area contributed by atoms with Gasteiger partial charge in [-0.3, -0.25) is 19.7 Å². The first kappa shape index (κ1) is 20.6. The Kier molecular flexibility index (Phi) is 6.03. The van der Waals surface area contributed by atoms with E-state index in [1.165, 1.54) is 18.2 Å². The summed E-state index contributed by atoms with van der Waals surface area (Å²) < 4.78 is 5.18. The van der Waals surface area contributed by atoms with Gasteiger partial charge in [-0.2, -0.15) is 0 Å². The number of esters is 1. The number of para-hydroxylation sites is 1. The van der Waals surface area contributed by atoms with Crippen molar-refractivity contribution in [1.82, 2.24) is 0 Å². The van der Waals surface area contributed by atoms with Crippen LogP contribution >= 0.6 is 0 Å². The van der Waals surface area contributed by atoms with Crippen molar-refractivity contribution in [2.75, 3.05) is 0 Å². The summed E-state index contributed by atoms with van der Waals surface area (Å²) in [5.41, 5.74) is -0.309. The molecule has 0 heterocycles. The van der Waals surface area contributed by atoms with Gasteiger partial charge >= 0.3 is 5.97 Å². The van der Waals surface area contributed by atoms with Gasteiger partial charge in [-0.1, -0.05) is 32.0 Å². The molecule has 1 N–H and O–H groups in total. The number of hydrogen-bond donors (Lipinski definition) is 1. The number of nitro benzene ring substituents is 1. The molecule has 1 aliphatic rings. The molecule has 0 fully saturated rings. The smallest absolute Gasteiger partial charge is 0.307 e. The Bertz CT molecular complexity index is 793. The fraction of sp³-hybridized carbons (Fsp3) is 0.500. The number of aliphatic hydroxyl groups is 1. The van der Waals surface area contributed by atoms with Crippen molar-refractivity contribution in [3.05, 3.63) is 51.3 Å². The monoisotopic (exact) mass is 375 g/mol. The summed E-state index contributed by atoms with van der Waals surface area (Å²) >= 11 is 0. The molecule has 1 aromatic carbocycles. The third kappa shape index (κ3) is 4.93. The molecule has 27 heavy (non-hydrogen) atoms. The zero-order valence-corrected chi connectivity index (χ0v) is 16.0. The van der Waals surface area contributed by atoms with Crippen molar-refractivity contribution in [1.29, 1.82) is 0 Å². The molecule has 1 aliphatic carbocycles. The predicted octanol–water partition coefficient (Wildman–Crippen LogP) is 4.22. The maximum atomic E-state index is 12.8. The molecule has 0 spiro atoms. The quantitative estimate of drug-likeness (QED) is 0.453. The van der Waals surface area contributed by atoms with Crippen molar-refractivity contribution < 1.29 is 24.4 Å². The number of carbonyl (C=O) groups excluding carboxylic acids is 2. The van der Waals surface area contributed by atoms with E-state index in [0.717, 1.165) is 0 Å². The minimum Gasteiger partial charge on any atom is -0.512 e. The van der Waals surface area contributed by atoms with Crippen molar-refractivity contribution in [3.8, 4) is 0 Å². The van der Waals surface area contributed by atoms with Gasteiger partial charge in [0.25, 0.3) is 5.69 Å². The molecule has 146 valence electrons. The van der Waals surface area contributed by atoms with Crippen LogP contribution < -0.4 is 0 Å². The molecule has 0 amide bonds. The molecule has 2 rings (SSSR count). The molecule has 1 atom stereocenters. The second kappa shape index (κ2) is 7.90. The van der Waals surface area contributed by atoms with Crippen molar-refractivity contribution in [2.45, 2.75) is 59.0 Å². The van der Waals surface area contributed by atoms with Crippen LogP contribution in [0.5, 0.6) is 0 Å². The SMILES string of the molecule is CC(C)OC(=O)CC(C1=C(O)CC(C)(C)CC1=O)c1ccccc1[N+](=O)[O-]. The van der Waals surface area contributed by atoms with Gasteiger partial charge in [0.05, 0.1) is 17.4 Å². The molecule has 7 nitrogen and oxygen atoms in total. The molecule has 0 saturated heterocycles. The fourth-order valence-electron chi connectivity index (χ4n) is 3.49. The van der Waals surface area contributed by atoms with E-state index in [9.17, 15) is 24.8 Å². The van der Waals surface area contributed by atoms with E-state index >= 15 is 0 Å². The van der Waals surface area contributed by atoms with Gasteiger partial charge in [0.1, 0.15) is 5.76 Å². The number of ether oxygens (including phenoxy) is 1. The first-order valence-corrected chi connectivity index (χ1v) is 8.90. The fourth-order valence-corrected chi connectivity index (χ4v) is 3.49. The molecule has 1 unspecified atom stereocenters. The lowest BCUT2D eigenvalue weighted by Gasteiger charge is -2.32. The van der Waals surface area contributed by atoms with Crippen LogP contribution in [0.25, 0.3) is 0 Å². The van der Waals surface area contributed by atoms with Crippen LogP contribution in [-0.4, -0.2) is 27.9 Å². The van der Waals surface area contributed by atoms with Crippen molar-refractivity contribution >= 4 is 17.4 Å². The predicted molar refractivity (Wildman–Crippen MR) is 99.4 cm³/mol. The number of nitro groups is 1. The molecular formula is C20H25NO6. The second-order valence-electron chi connectivity index (χ2n) is 7.91. The minimum atomic E-state index is -0.929. The lowest BCUT2D eigenvalue weighted by Crippen LogP contribution is -2.30. The molecule has 7 heteroatoms. The highest BCUT2D eigenvalue weighted by atomic mass is 16.6. The van der Waals surface area contributed by atoms with E-state index in [1.807, 2.05) is 13.8 Å². The number of carbonyl (C=O) groups is 2. The number of allylic oxidation sites excluding steroid dienone is 2. The van der Waals surface area contributed by atoms with Gasteiger partial charge in [-0.25, -0.2) is 0 Å². The molecule has 0 bridgehead atoms. The Morgan fingerprint density at radius 3 is 2.48 bits per heavy atom. The molecule has 0 radical (unpaired) electrons. The average molecular weight is 375 g/mol. The highest BCUT2D eigenvalue weighted by Gasteiger charge is 2.39. The molecule has 1 aromatic rings. The van der Waals surface area contributed by atoms with Crippen LogP contribution in [0.1, 0.15) is 58.4 Å². The van der Waals surface area contributed by atoms with Crippen LogP contribution in [-0.2, 0) is 14.3 Å². The Labute approximate surface area is 158 Å². The lowest BCUT2D eigenvalue weighted by atomic mass is 9.71. The standard InChI is InChI=1S/C20H25NO6/c1-12(2)27-18(24)9-14(13-7-5-6-8-15(13)21(25)26)19-16(22)10-20(3,4)11-17(19)23/h5-8,12,14,22H,9-11H2,1-4H3. The van der Waals surface area contributed by atoms with Gasteiger partial charge in [-0.05, 0) is 19.3 Å². The van der Waals surface area contributed by atoms with E-state index in [0.29, 0.717) is 0 Å². The minimum absolute atomic E-state index is 0.0735. The van der Waals surface area contributed by atoms with E-state index < -0.39 is 22.2 Å². The molecular weight excluding hydrogens is 350 g/mol. The highest BCUT2D eigenvalue weighted by Crippen LogP contribution is 2.43. The number of ketones is 1. The highest BCUT2D eigenvalue weighted by molar-refractivity contribution is 5.99.